The molecule has 39 heavy (non-hydrogen) atoms. The zero-order valence-electron chi connectivity index (χ0n) is 22.3. The predicted molar refractivity (Wildman–Crippen MR) is 147 cm³/mol. The molecule has 0 bridgehead atoms. The molecule has 2 aliphatic rings. The molecule has 0 spiro atoms. The van der Waals surface area contributed by atoms with Crippen LogP contribution in [0.4, 0.5) is 0 Å². The van der Waals surface area contributed by atoms with Crippen LogP contribution in [0.5, 0.6) is 17.2 Å². The highest BCUT2D eigenvalue weighted by Crippen LogP contribution is 2.42. The van der Waals surface area contributed by atoms with Crippen LogP contribution in [-0.2, 0) is 22.4 Å². The van der Waals surface area contributed by atoms with Gasteiger partial charge >= 0.3 is 0 Å². The van der Waals surface area contributed by atoms with Crippen LogP contribution >= 0.6 is 0 Å². The first kappa shape index (κ1) is 24.9. The first-order valence-electron chi connectivity index (χ1n) is 13.1. The van der Waals surface area contributed by atoms with Crippen molar-refractivity contribution in [3.63, 3.8) is 0 Å². The molecule has 8 nitrogen and oxygen atoms in total. The van der Waals surface area contributed by atoms with Crippen LogP contribution in [0.25, 0.3) is 10.9 Å². The van der Waals surface area contributed by atoms with Crippen molar-refractivity contribution >= 4 is 22.7 Å². The van der Waals surface area contributed by atoms with Gasteiger partial charge in [-0.3, -0.25) is 9.59 Å². The van der Waals surface area contributed by atoms with Crippen molar-refractivity contribution in [2.75, 3.05) is 34.4 Å². The van der Waals surface area contributed by atoms with Crippen molar-refractivity contribution in [3.8, 4) is 17.2 Å². The molecule has 8 heteroatoms. The smallest absolute Gasteiger partial charge is 0.246 e. The molecule has 6 rings (SSSR count). The molecule has 0 radical (unpaired) electrons. The fraction of sp³-hybridized carbons (Fsp3) is 0.290. The number of ether oxygens (including phenoxy) is 3. The van der Waals surface area contributed by atoms with E-state index in [2.05, 4.69) is 11.1 Å². The van der Waals surface area contributed by atoms with E-state index in [1.807, 2.05) is 60.7 Å². The Morgan fingerprint density at radius 2 is 1.67 bits per heavy atom. The second-order valence-corrected chi connectivity index (χ2v) is 9.96. The number of H-pyrrole nitrogens is 1. The first-order valence-corrected chi connectivity index (χ1v) is 13.1. The van der Waals surface area contributed by atoms with Gasteiger partial charge in [0.05, 0.1) is 33.9 Å². The van der Waals surface area contributed by atoms with Gasteiger partial charge in [-0.25, -0.2) is 0 Å². The lowest BCUT2D eigenvalue weighted by Gasteiger charge is -2.47. The number of aromatic amines is 1. The highest BCUT2D eigenvalue weighted by atomic mass is 16.5. The van der Waals surface area contributed by atoms with E-state index in [1.54, 1.807) is 31.1 Å². The summed E-state index contributed by atoms with van der Waals surface area (Å²) in [6.45, 7) is 0.489. The summed E-state index contributed by atoms with van der Waals surface area (Å²) in [4.78, 5) is 34.8. The lowest BCUT2D eigenvalue weighted by molar-refractivity contribution is -0.158. The van der Waals surface area contributed by atoms with E-state index >= 15 is 0 Å². The quantitative estimate of drug-likeness (QED) is 0.393. The molecule has 200 valence electrons. The van der Waals surface area contributed by atoms with E-state index in [0.29, 0.717) is 30.9 Å². The number of carbonyl (C=O) groups excluding carboxylic acids is 2. The number of amides is 2. The third-order valence-electron chi connectivity index (χ3n) is 7.89. The van der Waals surface area contributed by atoms with E-state index in [0.717, 1.165) is 39.0 Å². The summed E-state index contributed by atoms with van der Waals surface area (Å²) in [5.41, 5.74) is 5.02. The van der Waals surface area contributed by atoms with Crippen LogP contribution in [0.2, 0.25) is 0 Å². The van der Waals surface area contributed by atoms with Gasteiger partial charge in [-0.1, -0.05) is 36.4 Å². The zero-order chi connectivity index (χ0) is 27.1. The maximum absolute atomic E-state index is 14.0. The summed E-state index contributed by atoms with van der Waals surface area (Å²) in [6, 6.07) is 20.6. The number of hydrogen-bond acceptors (Lipinski definition) is 5. The van der Waals surface area contributed by atoms with E-state index < -0.39 is 6.04 Å². The van der Waals surface area contributed by atoms with Crippen LogP contribution in [0, 0.1) is 0 Å². The van der Waals surface area contributed by atoms with Gasteiger partial charge in [-0.2, -0.15) is 0 Å². The fourth-order valence-corrected chi connectivity index (χ4v) is 5.95. The van der Waals surface area contributed by atoms with Crippen molar-refractivity contribution in [2.45, 2.75) is 24.9 Å². The second-order valence-electron chi connectivity index (χ2n) is 9.96. The lowest BCUT2D eigenvalue weighted by Crippen LogP contribution is -2.63. The summed E-state index contributed by atoms with van der Waals surface area (Å²) >= 11 is 0. The molecular weight excluding hydrogens is 494 g/mol. The van der Waals surface area contributed by atoms with E-state index in [-0.39, 0.29) is 24.4 Å². The van der Waals surface area contributed by atoms with Crippen LogP contribution < -0.4 is 14.2 Å². The highest BCUT2D eigenvalue weighted by molar-refractivity contribution is 5.97. The Morgan fingerprint density at radius 3 is 2.41 bits per heavy atom. The Balaban J connectivity index is 1.33. The van der Waals surface area contributed by atoms with Crippen LogP contribution in [0.15, 0.2) is 66.7 Å². The van der Waals surface area contributed by atoms with Crippen molar-refractivity contribution < 1.29 is 23.8 Å². The fourth-order valence-electron chi connectivity index (χ4n) is 5.95. The van der Waals surface area contributed by atoms with E-state index in [1.165, 1.54) is 0 Å². The van der Waals surface area contributed by atoms with Crippen molar-refractivity contribution in [3.05, 3.63) is 89.1 Å². The molecule has 1 fully saturated rings. The van der Waals surface area contributed by atoms with Crippen LogP contribution in [0.3, 0.4) is 0 Å². The average Bonchev–Trinajstić information content (AvgIpc) is 3.35. The monoisotopic (exact) mass is 525 g/mol. The molecular formula is C31H31N3O5. The second kappa shape index (κ2) is 10.0. The number of piperazine rings is 1. The van der Waals surface area contributed by atoms with Crippen molar-refractivity contribution in [2.24, 2.45) is 0 Å². The van der Waals surface area contributed by atoms with Gasteiger partial charge in [0, 0.05) is 29.6 Å². The van der Waals surface area contributed by atoms with Gasteiger partial charge in [0.1, 0.15) is 11.8 Å². The summed E-state index contributed by atoms with van der Waals surface area (Å²) in [5.74, 6) is 1.96. The number of rotatable bonds is 7. The predicted octanol–water partition coefficient (Wildman–Crippen LogP) is 4.12. The van der Waals surface area contributed by atoms with Gasteiger partial charge in [0.15, 0.2) is 11.5 Å². The number of hydrogen-bond donors (Lipinski definition) is 1. The standard InChI is InChI=1S/C31H31N3O5/c1-37-21-11-9-20(10-12-21)30-29-23(22-6-4-5-7-24(22)32-29)17-25-31(36)33(18-28(35)34(25)30)15-14-19-8-13-26(38-2)27(16-19)39-3/h4-13,16,25,30,32H,14-15,17-18H2,1-3H3/t25-,30?/m0/s1. The molecule has 1 N–H and O–H groups in total. The summed E-state index contributed by atoms with van der Waals surface area (Å²) in [5, 5.41) is 1.09. The molecule has 1 aromatic heterocycles. The minimum Gasteiger partial charge on any atom is -0.497 e. The lowest BCUT2D eigenvalue weighted by atomic mass is 9.86. The molecule has 2 atom stereocenters. The maximum atomic E-state index is 14.0. The number of fused-ring (bicyclic) bond motifs is 4. The minimum absolute atomic E-state index is 0.0236. The van der Waals surface area contributed by atoms with Gasteiger partial charge in [0.25, 0.3) is 0 Å². The number of nitrogens with one attached hydrogen (secondary N) is 1. The number of aromatic nitrogens is 1. The summed E-state index contributed by atoms with van der Waals surface area (Å²) in [7, 11) is 4.83. The Labute approximate surface area is 227 Å². The number of carbonyl (C=O) groups is 2. The molecule has 0 saturated carbocycles. The normalized spacial score (nSPS) is 18.6. The third kappa shape index (κ3) is 4.26. The first-order chi connectivity index (χ1) is 19.0. The number of para-hydroxylation sites is 1. The SMILES string of the molecule is COc1ccc(C2c3[nH]c4ccccc4c3C[C@H]3C(=O)N(CCc4ccc(OC)c(OC)c4)CC(=O)N23)cc1. The number of benzene rings is 3. The summed E-state index contributed by atoms with van der Waals surface area (Å²) < 4.78 is 16.1. The van der Waals surface area contributed by atoms with Crippen molar-refractivity contribution in [1.82, 2.24) is 14.8 Å². The molecule has 2 aliphatic heterocycles. The van der Waals surface area contributed by atoms with Gasteiger partial charge in [-0.15, -0.1) is 0 Å². The number of methoxy groups -OCH3 is 3. The van der Waals surface area contributed by atoms with Crippen molar-refractivity contribution in [1.29, 1.82) is 0 Å². The largest absolute Gasteiger partial charge is 0.497 e. The van der Waals surface area contributed by atoms with Gasteiger partial charge in [-0.05, 0) is 53.4 Å². The Kier molecular flexibility index (Phi) is 6.38. The molecule has 1 saturated heterocycles. The molecule has 3 heterocycles. The topological polar surface area (TPSA) is 84.1 Å². The van der Waals surface area contributed by atoms with E-state index in [9.17, 15) is 9.59 Å². The molecule has 0 aliphatic carbocycles. The Bertz CT molecular complexity index is 1540. The Hall–Kier alpha value is -4.46. The summed E-state index contributed by atoms with van der Waals surface area (Å²) in [6.07, 6.45) is 1.08. The maximum Gasteiger partial charge on any atom is 0.246 e. The molecule has 4 aromatic rings. The molecule has 2 amide bonds. The third-order valence-corrected chi connectivity index (χ3v) is 7.89. The minimum atomic E-state index is -0.574. The zero-order valence-corrected chi connectivity index (χ0v) is 22.3. The molecule has 1 unspecified atom stereocenters. The van der Waals surface area contributed by atoms with E-state index in [4.69, 9.17) is 14.2 Å². The highest BCUT2D eigenvalue weighted by Gasteiger charge is 2.48. The van der Waals surface area contributed by atoms with Gasteiger partial charge in [0.2, 0.25) is 11.8 Å². The Morgan fingerprint density at radius 1 is 0.897 bits per heavy atom. The number of nitrogens with zero attached hydrogens (tertiary/aromatic N) is 2. The molecule has 3 aromatic carbocycles. The van der Waals surface area contributed by atoms with Crippen LogP contribution in [0.1, 0.15) is 28.4 Å². The average molecular weight is 526 g/mol. The van der Waals surface area contributed by atoms with Crippen LogP contribution in [-0.4, -0.2) is 67.1 Å². The van der Waals surface area contributed by atoms with Gasteiger partial charge < -0.3 is 29.0 Å².